The Balaban J connectivity index is 1.53. The molecule has 23 heavy (non-hydrogen) atoms. The summed E-state index contributed by atoms with van der Waals surface area (Å²) in [4.78, 5) is 12.0. The van der Waals surface area contributed by atoms with Crippen molar-refractivity contribution in [2.45, 2.75) is 12.5 Å². The van der Waals surface area contributed by atoms with Crippen molar-refractivity contribution in [2.24, 2.45) is 7.05 Å². The van der Waals surface area contributed by atoms with Crippen LogP contribution in [0.25, 0.3) is 11.5 Å². The van der Waals surface area contributed by atoms with Gasteiger partial charge >= 0.3 is 0 Å². The molecule has 3 rings (SSSR count). The van der Waals surface area contributed by atoms with Crippen molar-refractivity contribution in [2.75, 3.05) is 6.54 Å². The highest BCUT2D eigenvalue weighted by Gasteiger charge is 2.16. The summed E-state index contributed by atoms with van der Waals surface area (Å²) in [5.74, 6) is 0.547. The van der Waals surface area contributed by atoms with Crippen LogP contribution in [0.1, 0.15) is 28.7 Å². The zero-order valence-corrected chi connectivity index (χ0v) is 12.6. The molecular weight excluding hydrogens is 298 g/mol. The first-order valence-electron chi connectivity index (χ1n) is 7.23. The Morgan fingerprint density at radius 1 is 1.39 bits per heavy atom. The maximum absolute atomic E-state index is 12.0. The van der Waals surface area contributed by atoms with Crippen LogP contribution in [-0.4, -0.2) is 27.3 Å². The molecule has 0 aromatic carbocycles. The number of carbonyl (C=O) groups excluding carboxylic acids is 1. The van der Waals surface area contributed by atoms with Crippen LogP contribution in [0, 0.1) is 0 Å². The van der Waals surface area contributed by atoms with Crippen molar-refractivity contribution in [1.82, 2.24) is 15.0 Å². The zero-order valence-electron chi connectivity index (χ0n) is 12.6. The van der Waals surface area contributed by atoms with Gasteiger partial charge in [0.25, 0.3) is 5.91 Å². The molecule has 1 unspecified atom stereocenters. The van der Waals surface area contributed by atoms with Gasteiger partial charge in [-0.3, -0.25) is 4.79 Å². The van der Waals surface area contributed by atoms with E-state index >= 15 is 0 Å². The highest BCUT2D eigenvalue weighted by Crippen LogP contribution is 2.20. The van der Waals surface area contributed by atoms with Gasteiger partial charge in [-0.2, -0.15) is 0 Å². The lowest BCUT2D eigenvalue weighted by Gasteiger charge is -2.12. The molecule has 2 N–H and O–H groups in total. The maximum Gasteiger partial charge on any atom is 0.273 e. The van der Waals surface area contributed by atoms with Gasteiger partial charge in [-0.05, 0) is 30.7 Å². The number of furan rings is 1. The first-order chi connectivity index (χ1) is 11.1. The van der Waals surface area contributed by atoms with Crippen molar-refractivity contribution in [3.05, 3.63) is 54.2 Å². The van der Waals surface area contributed by atoms with E-state index in [1.54, 1.807) is 12.1 Å². The molecule has 3 aromatic heterocycles. The molecular formula is C16H17N3O4. The molecule has 3 heterocycles. The third kappa shape index (κ3) is 3.35. The summed E-state index contributed by atoms with van der Waals surface area (Å²) < 4.78 is 12.1. The number of aromatic nitrogens is 2. The van der Waals surface area contributed by atoms with E-state index in [1.807, 2.05) is 29.9 Å². The van der Waals surface area contributed by atoms with Crippen LogP contribution in [0.5, 0.6) is 0 Å². The zero-order chi connectivity index (χ0) is 16.2. The number of hydrogen-bond donors (Lipinski definition) is 2. The third-order valence-electron chi connectivity index (χ3n) is 3.54. The molecule has 0 bridgehead atoms. The Bertz CT molecular complexity index is 773. The van der Waals surface area contributed by atoms with Gasteiger partial charge in [-0.25, -0.2) is 0 Å². The minimum atomic E-state index is -0.633. The molecule has 0 saturated heterocycles. The van der Waals surface area contributed by atoms with E-state index in [0.29, 0.717) is 24.5 Å². The van der Waals surface area contributed by atoms with E-state index in [2.05, 4.69) is 10.5 Å². The predicted octanol–water partition coefficient (Wildman–Crippen LogP) is 2.13. The highest BCUT2D eigenvalue weighted by atomic mass is 16.5. The topological polar surface area (TPSA) is 93.4 Å². The van der Waals surface area contributed by atoms with Crippen LogP contribution in [0.15, 0.2) is 51.7 Å². The molecule has 1 atom stereocenters. The lowest BCUT2D eigenvalue weighted by molar-refractivity contribution is 0.0932. The summed E-state index contributed by atoms with van der Waals surface area (Å²) in [6, 6.07) is 8.67. The largest absolute Gasteiger partial charge is 0.461 e. The number of aryl methyl sites for hydroxylation is 1. The van der Waals surface area contributed by atoms with Gasteiger partial charge in [0.2, 0.25) is 5.76 Å². The van der Waals surface area contributed by atoms with Gasteiger partial charge in [0.15, 0.2) is 11.5 Å². The average Bonchev–Trinajstić information content (AvgIpc) is 3.27. The summed E-state index contributed by atoms with van der Waals surface area (Å²) in [6.07, 6.45) is 3.16. The first-order valence-corrected chi connectivity index (χ1v) is 7.23. The third-order valence-corrected chi connectivity index (χ3v) is 3.54. The number of aliphatic hydroxyl groups is 1. The van der Waals surface area contributed by atoms with E-state index in [4.69, 9.17) is 8.94 Å². The quantitative estimate of drug-likeness (QED) is 0.727. The van der Waals surface area contributed by atoms with E-state index < -0.39 is 6.10 Å². The maximum atomic E-state index is 12.0. The summed E-state index contributed by atoms with van der Waals surface area (Å²) in [6.45, 7) is 0.328. The van der Waals surface area contributed by atoms with Crippen LogP contribution < -0.4 is 5.32 Å². The van der Waals surface area contributed by atoms with E-state index in [-0.39, 0.29) is 11.6 Å². The van der Waals surface area contributed by atoms with E-state index in [1.165, 1.54) is 12.3 Å². The van der Waals surface area contributed by atoms with Gasteiger partial charge in [-0.15, -0.1) is 0 Å². The number of amides is 1. The number of nitrogens with one attached hydrogen (secondary N) is 1. The molecule has 0 aliphatic carbocycles. The fourth-order valence-corrected chi connectivity index (χ4v) is 2.30. The fourth-order valence-electron chi connectivity index (χ4n) is 2.30. The molecule has 0 aliphatic rings. The minimum absolute atomic E-state index is 0.171. The Morgan fingerprint density at radius 3 is 2.96 bits per heavy atom. The lowest BCUT2D eigenvalue weighted by Crippen LogP contribution is -2.26. The van der Waals surface area contributed by atoms with Gasteiger partial charge < -0.3 is 23.9 Å². The molecule has 0 spiro atoms. The Kier molecular flexibility index (Phi) is 4.29. The van der Waals surface area contributed by atoms with Crippen LogP contribution in [-0.2, 0) is 7.05 Å². The second kappa shape index (κ2) is 6.53. The Morgan fingerprint density at radius 2 is 2.26 bits per heavy atom. The van der Waals surface area contributed by atoms with E-state index in [9.17, 15) is 9.90 Å². The van der Waals surface area contributed by atoms with Gasteiger partial charge in [0.1, 0.15) is 0 Å². The monoisotopic (exact) mass is 315 g/mol. The first kappa shape index (κ1) is 15.1. The second-order valence-corrected chi connectivity index (χ2v) is 5.16. The average molecular weight is 315 g/mol. The van der Waals surface area contributed by atoms with Gasteiger partial charge in [0, 0.05) is 31.5 Å². The molecule has 0 fully saturated rings. The second-order valence-electron chi connectivity index (χ2n) is 5.16. The number of hydrogen-bond acceptors (Lipinski definition) is 5. The van der Waals surface area contributed by atoms with Crippen molar-refractivity contribution in [3.63, 3.8) is 0 Å². The van der Waals surface area contributed by atoms with Crippen molar-refractivity contribution < 1.29 is 18.8 Å². The Hall–Kier alpha value is -2.80. The van der Waals surface area contributed by atoms with Crippen LogP contribution >= 0.6 is 0 Å². The molecule has 1 amide bonds. The van der Waals surface area contributed by atoms with Crippen LogP contribution in [0.2, 0.25) is 0 Å². The van der Waals surface area contributed by atoms with E-state index in [0.717, 1.165) is 5.69 Å². The fraction of sp³-hybridized carbons (Fsp3) is 0.250. The summed E-state index contributed by atoms with van der Waals surface area (Å²) >= 11 is 0. The highest BCUT2D eigenvalue weighted by molar-refractivity contribution is 5.92. The molecule has 7 heteroatoms. The van der Waals surface area contributed by atoms with Crippen LogP contribution in [0.4, 0.5) is 0 Å². The van der Waals surface area contributed by atoms with Crippen molar-refractivity contribution >= 4 is 5.91 Å². The molecule has 0 aliphatic heterocycles. The Labute approximate surface area is 132 Å². The molecule has 0 radical (unpaired) electrons. The SMILES string of the molecule is Cn1cccc1C(O)CCNC(=O)c1cc(-c2ccco2)on1. The molecule has 3 aromatic rings. The lowest BCUT2D eigenvalue weighted by atomic mass is 10.2. The van der Waals surface area contributed by atoms with Gasteiger partial charge in [-0.1, -0.05) is 5.16 Å². The smallest absolute Gasteiger partial charge is 0.273 e. The summed E-state index contributed by atoms with van der Waals surface area (Å²) in [5.41, 5.74) is 0.977. The van der Waals surface area contributed by atoms with Crippen molar-refractivity contribution in [3.8, 4) is 11.5 Å². The predicted molar refractivity (Wildman–Crippen MR) is 81.5 cm³/mol. The number of carbonyl (C=O) groups is 1. The van der Waals surface area contributed by atoms with Crippen LogP contribution in [0.3, 0.4) is 0 Å². The number of nitrogens with zero attached hydrogens (tertiary/aromatic N) is 2. The number of aliphatic hydroxyl groups excluding tert-OH is 1. The standard InChI is InChI=1S/C16H17N3O4/c1-19-8-2-4-12(19)13(20)6-7-17-16(21)11-10-15(23-18-11)14-5-3-9-22-14/h2-5,8-10,13,20H,6-7H2,1H3,(H,17,21). The minimum Gasteiger partial charge on any atom is -0.461 e. The van der Waals surface area contributed by atoms with Gasteiger partial charge in [0.05, 0.1) is 12.4 Å². The number of rotatable bonds is 6. The summed E-state index contributed by atoms with van der Waals surface area (Å²) in [7, 11) is 1.86. The molecule has 7 nitrogen and oxygen atoms in total. The van der Waals surface area contributed by atoms with Crippen molar-refractivity contribution in [1.29, 1.82) is 0 Å². The normalized spacial score (nSPS) is 12.3. The summed E-state index contributed by atoms with van der Waals surface area (Å²) in [5, 5.41) is 16.5. The molecule has 120 valence electrons. The molecule has 0 saturated carbocycles.